The van der Waals surface area contributed by atoms with Gasteiger partial charge in [-0.15, -0.1) is 0 Å². The topological polar surface area (TPSA) is 69.0 Å². The minimum absolute atomic E-state index is 0.413. The molecule has 6 nitrogen and oxygen atoms in total. The summed E-state index contributed by atoms with van der Waals surface area (Å²) >= 11 is 1.32. The third kappa shape index (κ3) is 5.12. The normalized spacial score (nSPS) is 10.7. The molecule has 0 atom stereocenters. The van der Waals surface area contributed by atoms with Crippen molar-refractivity contribution in [3.05, 3.63) is 89.7 Å². The maximum absolute atomic E-state index is 12.1. The number of carbonyl (C=O) groups excluding carboxylic acids is 1. The van der Waals surface area contributed by atoms with Crippen molar-refractivity contribution in [3.8, 4) is 15.8 Å². The van der Waals surface area contributed by atoms with Crippen molar-refractivity contribution in [2.45, 2.75) is 26.4 Å². The Labute approximate surface area is 179 Å². The van der Waals surface area contributed by atoms with Gasteiger partial charge in [-0.2, -0.15) is 5.10 Å². The smallest absolute Gasteiger partial charge is 0.397 e. The summed E-state index contributed by atoms with van der Waals surface area (Å²) < 4.78 is 7.36. The quantitative estimate of drug-likeness (QED) is 0.466. The van der Waals surface area contributed by atoms with E-state index in [2.05, 4.69) is 27.5 Å². The van der Waals surface area contributed by atoms with Crippen LogP contribution in [0.1, 0.15) is 16.8 Å². The number of aromatic nitrogens is 3. The van der Waals surface area contributed by atoms with Crippen LogP contribution in [0.2, 0.25) is 0 Å². The minimum Gasteiger partial charge on any atom is -0.397 e. The van der Waals surface area contributed by atoms with Gasteiger partial charge in [-0.25, -0.2) is 9.78 Å². The van der Waals surface area contributed by atoms with Gasteiger partial charge < -0.3 is 10.1 Å². The lowest BCUT2D eigenvalue weighted by molar-refractivity contribution is 0.201. The molecule has 0 saturated heterocycles. The number of nitrogens with one attached hydrogen (secondary N) is 1. The fraction of sp³-hybridized carbons (Fsp3) is 0.174. The fourth-order valence-corrected chi connectivity index (χ4v) is 3.85. The molecule has 1 N–H and O–H groups in total. The van der Waals surface area contributed by atoms with Gasteiger partial charge in [0.05, 0.1) is 5.69 Å². The number of amides is 1. The van der Waals surface area contributed by atoms with Gasteiger partial charge in [-0.3, -0.25) is 4.68 Å². The predicted molar refractivity (Wildman–Crippen MR) is 118 cm³/mol. The maximum Gasteiger partial charge on any atom is 0.413 e. The summed E-state index contributed by atoms with van der Waals surface area (Å²) in [5.41, 5.74) is 3.73. The third-order valence-electron chi connectivity index (χ3n) is 4.55. The zero-order valence-corrected chi connectivity index (χ0v) is 17.4. The van der Waals surface area contributed by atoms with E-state index in [1.165, 1.54) is 16.9 Å². The summed E-state index contributed by atoms with van der Waals surface area (Å²) in [5, 5.41) is 8.59. The van der Waals surface area contributed by atoms with Crippen LogP contribution in [-0.4, -0.2) is 20.9 Å². The molecule has 0 saturated carbocycles. The molecule has 2 aromatic heterocycles. The van der Waals surface area contributed by atoms with Crippen LogP contribution in [0.5, 0.6) is 5.06 Å². The van der Waals surface area contributed by atoms with Crippen molar-refractivity contribution < 1.29 is 9.53 Å². The van der Waals surface area contributed by atoms with Gasteiger partial charge in [-0.1, -0.05) is 72.0 Å². The van der Waals surface area contributed by atoms with Crippen LogP contribution in [0.4, 0.5) is 4.79 Å². The molecular weight excluding hydrogens is 396 g/mol. The largest absolute Gasteiger partial charge is 0.413 e. The second-order valence-electron chi connectivity index (χ2n) is 6.82. The number of hydrogen-bond donors (Lipinski definition) is 1. The summed E-state index contributed by atoms with van der Waals surface area (Å²) in [7, 11) is 0. The van der Waals surface area contributed by atoms with Crippen molar-refractivity contribution in [2.75, 3.05) is 0 Å². The SMILES string of the molecule is Cc1nc(-c2ccn(CCc3ccccc3)n2)sc1OC(=O)NCc1ccccc1. The van der Waals surface area contributed by atoms with Gasteiger partial charge in [0.2, 0.25) is 5.06 Å². The Morgan fingerprint density at radius 3 is 2.47 bits per heavy atom. The summed E-state index contributed by atoms with van der Waals surface area (Å²) in [6, 6.07) is 22.0. The zero-order valence-electron chi connectivity index (χ0n) is 16.6. The highest BCUT2D eigenvalue weighted by Gasteiger charge is 2.15. The first-order chi connectivity index (χ1) is 14.7. The van der Waals surface area contributed by atoms with Crippen LogP contribution < -0.4 is 10.1 Å². The van der Waals surface area contributed by atoms with E-state index in [1.54, 1.807) is 0 Å². The molecule has 0 unspecified atom stereocenters. The lowest BCUT2D eigenvalue weighted by Crippen LogP contribution is -2.26. The first kappa shape index (κ1) is 19.8. The molecule has 0 aliphatic carbocycles. The molecule has 4 rings (SSSR count). The maximum atomic E-state index is 12.1. The zero-order chi connectivity index (χ0) is 20.8. The molecule has 0 aliphatic heterocycles. The van der Waals surface area contributed by atoms with Gasteiger partial charge in [0.15, 0.2) is 0 Å². The Balaban J connectivity index is 1.35. The molecule has 1 amide bonds. The Kier molecular flexibility index (Phi) is 6.20. The number of thiazole rings is 1. The van der Waals surface area contributed by atoms with Crippen LogP contribution in [-0.2, 0) is 19.5 Å². The number of rotatable bonds is 7. The van der Waals surface area contributed by atoms with Gasteiger partial charge in [0, 0.05) is 19.3 Å². The summed E-state index contributed by atoms with van der Waals surface area (Å²) in [5.74, 6) is 0. The van der Waals surface area contributed by atoms with Crippen molar-refractivity contribution in [3.63, 3.8) is 0 Å². The third-order valence-corrected chi connectivity index (χ3v) is 5.61. The number of benzene rings is 2. The average Bonchev–Trinajstić information content (AvgIpc) is 3.39. The summed E-state index contributed by atoms with van der Waals surface area (Å²) in [6.45, 7) is 3.03. The summed E-state index contributed by atoms with van der Waals surface area (Å²) in [4.78, 5) is 16.7. The van der Waals surface area contributed by atoms with E-state index >= 15 is 0 Å². The number of ether oxygens (including phenoxy) is 1. The molecule has 7 heteroatoms. The molecule has 2 aromatic carbocycles. The highest BCUT2D eigenvalue weighted by Crippen LogP contribution is 2.32. The highest BCUT2D eigenvalue weighted by atomic mass is 32.1. The second-order valence-corrected chi connectivity index (χ2v) is 7.78. The molecule has 0 bridgehead atoms. The standard InChI is InChI=1S/C23H22N4O2S/c1-17-22(29-23(28)24-16-19-10-6-3-7-11-19)30-21(25-17)20-13-15-27(26-20)14-12-18-8-4-2-5-9-18/h2-11,13,15H,12,14,16H2,1H3,(H,24,28). The van der Waals surface area contributed by atoms with E-state index in [0.29, 0.717) is 17.3 Å². The predicted octanol–water partition coefficient (Wildman–Crippen LogP) is 4.85. The van der Waals surface area contributed by atoms with Crippen molar-refractivity contribution in [1.82, 2.24) is 20.1 Å². The average molecular weight is 419 g/mol. The van der Waals surface area contributed by atoms with Gasteiger partial charge in [0.1, 0.15) is 10.7 Å². The molecule has 0 fully saturated rings. The summed E-state index contributed by atoms with van der Waals surface area (Å²) in [6.07, 6.45) is 2.36. The molecule has 152 valence electrons. The monoisotopic (exact) mass is 418 g/mol. The Hall–Kier alpha value is -3.45. The number of hydrogen-bond acceptors (Lipinski definition) is 5. The van der Waals surface area contributed by atoms with Crippen molar-refractivity contribution >= 4 is 17.4 Å². The molecular formula is C23H22N4O2S. The van der Waals surface area contributed by atoms with Crippen LogP contribution in [0.25, 0.3) is 10.7 Å². The van der Waals surface area contributed by atoms with Crippen LogP contribution in [0.3, 0.4) is 0 Å². The Morgan fingerprint density at radius 2 is 1.73 bits per heavy atom. The highest BCUT2D eigenvalue weighted by molar-refractivity contribution is 7.17. The van der Waals surface area contributed by atoms with E-state index in [-0.39, 0.29) is 0 Å². The lowest BCUT2D eigenvalue weighted by Gasteiger charge is -2.05. The van der Waals surface area contributed by atoms with Crippen LogP contribution >= 0.6 is 11.3 Å². The van der Waals surface area contributed by atoms with E-state index in [0.717, 1.165) is 29.2 Å². The first-order valence-corrected chi connectivity index (χ1v) is 10.5. The first-order valence-electron chi connectivity index (χ1n) is 9.72. The van der Waals surface area contributed by atoms with Crippen molar-refractivity contribution in [1.29, 1.82) is 0 Å². The van der Waals surface area contributed by atoms with Crippen LogP contribution in [0.15, 0.2) is 72.9 Å². The van der Waals surface area contributed by atoms with Crippen LogP contribution in [0, 0.1) is 6.92 Å². The Morgan fingerprint density at radius 1 is 1.03 bits per heavy atom. The molecule has 4 aromatic rings. The van der Waals surface area contributed by atoms with E-state index in [9.17, 15) is 4.79 Å². The Bertz CT molecular complexity index is 1110. The number of aryl methyl sites for hydroxylation is 3. The van der Waals surface area contributed by atoms with Gasteiger partial charge >= 0.3 is 6.09 Å². The van der Waals surface area contributed by atoms with Crippen molar-refractivity contribution in [2.24, 2.45) is 0 Å². The molecule has 0 aliphatic rings. The molecule has 2 heterocycles. The molecule has 0 radical (unpaired) electrons. The van der Waals surface area contributed by atoms with E-state index < -0.39 is 6.09 Å². The van der Waals surface area contributed by atoms with Gasteiger partial charge in [0.25, 0.3) is 0 Å². The fourth-order valence-electron chi connectivity index (χ4n) is 2.97. The van der Waals surface area contributed by atoms with Gasteiger partial charge in [-0.05, 0) is 30.5 Å². The second kappa shape index (κ2) is 9.37. The van der Waals surface area contributed by atoms with E-state index in [4.69, 9.17) is 4.74 Å². The molecule has 0 spiro atoms. The van der Waals surface area contributed by atoms with E-state index in [1.807, 2.05) is 72.4 Å². The minimum atomic E-state index is -0.495. The number of nitrogens with zero attached hydrogens (tertiary/aromatic N) is 3. The lowest BCUT2D eigenvalue weighted by atomic mass is 10.2. The number of carbonyl (C=O) groups is 1. The molecule has 30 heavy (non-hydrogen) atoms.